The van der Waals surface area contributed by atoms with Crippen molar-refractivity contribution >= 4 is 56.9 Å². The molecule has 1 heterocycles. The molecule has 0 aliphatic carbocycles. The number of hydrogen-bond acceptors (Lipinski definition) is 5. The average Bonchev–Trinajstić information content (AvgIpc) is 2.73. The number of halogens is 2. The van der Waals surface area contributed by atoms with Gasteiger partial charge < -0.3 is 5.32 Å². The number of nitro groups is 1. The molecule has 94 valence electrons. The average molecular weight is 396 g/mol. The lowest BCUT2D eigenvalue weighted by atomic mass is 10.2. The van der Waals surface area contributed by atoms with Crippen LogP contribution in [-0.4, -0.2) is 9.91 Å². The highest BCUT2D eigenvalue weighted by Gasteiger charge is 2.16. The van der Waals surface area contributed by atoms with E-state index in [9.17, 15) is 10.1 Å². The smallest absolute Gasteiger partial charge is 0.293 e. The third kappa shape index (κ3) is 3.09. The molecule has 1 N–H and O–H groups in total. The number of nitrogens with zero attached hydrogens (tertiary/aromatic N) is 2. The van der Waals surface area contributed by atoms with Gasteiger partial charge in [-0.15, -0.1) is 11.3 Å². The topological polar surface area (TPSA) is 68.1 Å². The second-order valence-electron chi connectivity index (χ2n) is 3.32. The maximum atomic E-state index is 10.9. The Hall–Kier alpha value is -0.930. The first-order chi connectivity index (χ1) is 8.58. The lowest BCUT2D eigenvalue weighted by Crippen LogP contribution is -2.03. The van der Waals surface area contributed by atoms with E-state index in [-0.39, 0.29) is 5.69 Å². The Balaban J connectivity index is 2.20. The number of hydrogen-bond donors (Lipinski definition) is 1. The van der Waals surface area contributed by atoms with Crippen LogP contribution in [0.3, 0.4) is 0 Å². The lowest BCUT2D eigenvalue weighted by molar-refractivity contribution is -0.384. The lowest BCUT2D eigenvalue weighted by Gasteiger charge is -2.07. The fourth-order valence-corrected chi connectivity index (χ4v) is 2.97. The van der Waals surface area contributed by atoms with E-state index < -0.39 is 4.92 Å². The van der Waals surface area contributed by atoms with Crippen LogP contribution in [0.5, 0.6) is 0 Å². The minimum atomic E-state index is -0.399. The summed E-state index contributed by atoms with van der Waals surface area (Å²) in [6.07, 6.45) is 1.65. The molecule has 0 saturated carbocycles. The molecule has 0 saturated heterocycles. The van der Waals surface area contributed by atoms with Crippen molar-refractivity contribution in [3.8, 4) is 0 Å². The minimum Gasteiger partial charge on any atom is -0.374 e. The summed E-state index contributed by atoms with van der Waals surface area (Å²) >= 11 is 9.13. The summed E-state index contributed by atoms with van der Waals surface area (Å²) < 4.78 is 1.27. The van der Waals surface area contributed by atoms with E-state index >= 15 is 0 Å². The molecule has 0 aliphatic rings. The summed E-state index contributed by atoms with van der Waals surface area (Å²) in [5.41, 5.74) is 0.588. The molecule has 0 radical (unpaired) electrons. The Morgan fingerprint density at radius 2 is 2.33 bits per heavy atom. The molecule has 0 amide bonds. The van der Waals surface area contributed by atoms with Gasteiger partial charge in [0.05, 0.1) is 11.5 Å². The molecule has 5 nitrogen and oxygen atoms in total. The number of thiazole rings is 1. The van der Waals surface area contributed by atoms with E-state index in [1.807, 2.05) is 6.07 Å². The third-order valence-electron chi connectivity index (χ3n) is 2.15. The van der Waals surface area contributed by atoms with Gasteiger partial charge in [-0.05, 0) is 28.7 Å². The fraction of sp³-hybridized carbons (Fsp3) is 0.100. The first kappa shape index (κ1) is 13.5. The summed E-state index contributed by atoms with van der Waals surface area (Å²) in [6.45, 7) is 0.464. The zero-order valence-electron chi connectivity index (χ0n) is 8.89. The van der Waals surface area contributed by atoms with Crippen molar-refractivity contribution < 1.29 is 4.92 Å². The molecule has 2 rings (SSSR count). The highest BCUT2D eigenvalue weighted by molar-refractivity contribution is 14.1. The maximum Gasteiger partial charge on any atom is 0.293 e. The number of nitrogens with one attached hydrogen (secondary N) is 1. The van der Waals surface area contributed by atoms with Crippen LogP contribution in [0, 0.1) is 13.7 Å². The van der Waals surface area contributed by atoms with Crippen LogP contribution < -0.4 is 5.32 Å². The number of nitro benzene ring substituents is 1. The number of benzene rings is 1. The van der Waals surface area contributed by atoms with Crippen LogP contribution in [0.25, 0.3) is 0 Å². The molecule has 0 aliphatic heterocycles. The molecule has 0 atom stereocenters. The van der Waals surface area contributed by atoms with Gasteiger partial charge in [0, 0.05) is 20.7 Å². The SMILES string of the molecule is O=[N+]([O-])c1cccc(I)c1NCc1cnc(Cl)s1. The number of anilines is 1. The largest absolute Gasteiger partial charge is 0.374 e. The normalized spacial score (nSPS) is 10.3. The molecular formula is C10H7ClIN3O2S. The first-order valence-corrected chi connectivity index (χ1v) is 7.12. The van der Waals surface area contributed by atoms with Crippen molar-refractivity contribution in [3.63, 3.8) is 0 Å². The molecule has 0 spiro atoms. The summed E-state index contributed by atoms with van der Waals surface area (Å²) in [4.78, 5) is 15.4. The van der Waals surface area contributed by atoms with Crippen LogP contribution in [0.1, 0.15) is 4.88 Å². The Morgan fingerprint density at radius 3 is 2.94 bits per heavy atom. The Bertz CT molecular complexity index is 590. The first-order valence-electron chi connectivity index (χ1n) is 4.85. The Kier molecular flexibility index (Phi) is 4.36. The second-order valence-corrected chi connectivity index (χ2v) is 6.18. The van der Waals surface area contributed by atoms with E-state index in [2.05, 4.69) is 32.9 Å². The maximum absolute atomic E-state index is 10.9. The van der Waals surface area contributed by atoms with Gasteiger partial charge in [0.25, 0.3) is 5.69 Å². The van der Waals surface area contributed by atoms with E-state index in [1.54, 1.807) is 12.3 Å². The summed E-state index contributed by atoms with van der Waals surface area (Å²) in [6, 6.07) is 4.95. The Morgan fingerprint density at radius 1 is 1.56 bits per heavy atom. The van der Waals surface area contributed by atoms with Crippen molar-refractivity contribution in [1.29, 1.82) is 0 Å². The summed E-state index contributed by atoms with van der Waals surface area (Å²) in [7, 11) is 0. The van der Waals surface area contributed by atoms with Gasteiger partial charge in [0.2, 0.25) is 0 Å². The van der Waals surface area contributed by atoms with Crippen molar-refractivity contribution in [2.75, 3.05) is 5.32 Å². The van der Waals surface area contributed by atoms with Gasteiger partial charge in [-0.25, -0.2) is 4.98 Å². The van der Waals surface area contributed by atoms with E-state index in [1.165, 1.54) is 17.4 Å². The second kappa shape index (κ2) is 5.81. The zero-order chi connectivity index (χ0) is 13.1. The van der Waals surface area contributed by atoms with Crippen LogP contribution in [-0.2, 0) is 6.54 Å². The molecule has 0 bridgehead atoms. The highest BCUT2D eigenvalue weighted by Crippen LogP contribution is 2.30. The van der Waals surface area contributed by atoms with Crippen LogP contribution in [0.4, 0.5) is 11.4 Å². The van der Waals surface area contributed by atoms with E-state index in [0.717, 1.165) is 8.45 Å². The minimum absolute atomic E-state index is 0.0671. The number of aromatic nitrogens is 1. The Labute approximate surface area is 125 Å². The molecule has 18 heavy (non-hydrogen) atoms. The van der Waals surface area contributed by atoms with Gasteiger partial charge in [0.15, 0.2) is 4.47 Å². The predicted octanol–water partition coefficient (Wildman–Crippen LogP) is 3.92. The standard InChI is InChI=1S/C10H7ClIN3O2S/c11-10-14-5-6(18-10)4-13-9-7(12)2-1-3-8(9)15(16)17/h1-3,5,13H,4H2. The third-order valence-corrected chi connectivity index (χ3v) is 4.17. The molecule has 8 heteroatoms. The van der Waals surface area contributed by atoms with E-state index in [0.29, 0.717) is 16.7 Å². The van der Waals surface area contributed by atoms with Crippen molar-refractivity contribution in [2.24, 2.45) is 0 Å². The quantitative estimate of drug-likeness (QED) is 0.484. The van der Waals surface area contributed by atoms with E-state index in [4.69, 9.17) is 11.6 Å². The number of rotatable bonds is 4. The zero-order valence-corrected chi connectivity index (χ0v) is 12.6. The van der Waals surface area contributed by atoms with Crippen LogP contribution in [0.2, 0.25) is 4.47 Å². The number of para-hydroxylation sites is 1. The van der Waals surface area contributed by atoms with Gasteiger partial charge in [-0.1, -0.05) is 17.7 Å². The van der Waals surface area contributed by atoms with Gasteiger partial charge in [0.1, 0.15) is 5.69 Å². The van der Waals surface area contributed by atoms with Gasteiger partial charge in [-0.2, -0.15) is 0 Å². The molecule has 0 unspecified atom stereocenters. The molecular weight excluding hydrogens is 389 g/mol. The van der Waals surface area contributed by atoms with Crippen molar-refractivity contribution in [2.45, 2.75) is 6.54 Å². The molecule has 2 aromatic rings. The van der Waals surface area contributed by atoms with Gasteiger partial charge in [-0.3, -0.25) is 10.1 Å². The molecule has 0 fully saturated rings. The predicted molar refractivity (Wildman–Crippen MR) is 80.3 cm³/mol. The monoisotopic (exact) mass is 395 g/mol. The fourth-order valence-electron chi connectivity index (χ4n) is 1.38. The molecule has 1 aromatic heterocycles. The van der Waals surface area contributed by atoms with Gasteiger partial charge >= 0.3 is 0 Å². The van der Waals surface area contributed by atoms with Crippen molar-refractivity contribution in [1.82, 2.24) is 4.98 Å². The van der Waals surface area contributed by atoms with Crippen molar-refractivity contribution in [3.05, 3.63) is 47.4 Å². The summed E-state index contributed by atoms with van der Waals surface area (Å²) in [5, 5.41) is 14.0. The van der Waals surface area contributed by atoms with Crippen LogP contribution >= 0.6 is 45.5 Å². The summed E-state index contributed by atoms with van der Waals surface area (Å²) in [5.74, 6) is 0. The van der Waals surface area contributed by atoms with Crippen LogP contribution in [0.15, 0.2) is 24.4 Å². The highest BCUT2D eigenvalue weighted by atomic mass is 127. The molecule has 1 aromatic carbocycles.